The van der Waals surface area contributed by atoms with Crippen molar-refractivity contribution >= 4 is 23.7 Å². The number of rotatable bonds is 13. The molecule has 0 aromatic heterocycles. The Morgan fingerprint density at radius 1 is 1.06 bits per heavy atom. The highest BCUT2D eigenvalue weighted by Crippen LogP contribution is 2.12. The van der Waals surface area contributed by atoms with Crippen molar-refractivity contribution in [1.82, 2.24) is 16.0 Å². The van der Waals surface area contributed by atoms with Crippen molar-refractivity contribution < 1.29 is 24.6 Å². The van der Waals surface area contributed by atoms with Gasteiger partial charge in [-0.05, 0) is 42.9 Å². The summed E-state index contributed by atoms with van der Waals surface area (Å²) in [6.07, 6.45) is 1.11. The van der Waals surface area contributed by atoms with E-state index in [0.29, 0.717) is 24.9 Å². The molecule has 0 saturated carbocycles. The summed E-state index contributed by atoms with van der Waals surface area (Å²) in [6, 6.07) is 3.09. The van der Waals surface area contributed by atoms with Gasteiger partial charge in [-0.1, -0.05) is 26.0 Å². The first kappa shape index (κ1) is 26.7. The summed E-state index contributed by atoms with van der Waals surface area (Å²) in [5.41, 5.74) is 11.8. The molecule has 0 aliphatic heterocycles. The zero-order chi connectivity index (χ0) is 24.3. The fourth-order valence-corrected chi connectivity index (χ4v) is 3.00. The lowest BCUT2D eigenvalue weighted by atomic mass is 10.0. The van der Waals surface area contributed by atoms with Gasteiger partial charge < -0.3 is 37.6 Å². The number of carbonyl (C=O) groups is 3. The average Bonchev–Trinajstić information content (AvgIpc) is 2.70. The maximum atomic E-state index is 12.9. The van der Waals surface area contributed by atoms with Gasteiger partial charge in [0.25, 0.3) is 0 Å². The number of nitrogens with two attached hydrogens (primary N) is 2. The summed E-state index contributed by atoms with van der Waals surface area (Å²) < 4.78 is 0. The van der Waals surface area contributed by atoms with Gasteiger partial charge in [-0.2, -0.15) is 0 Å². The molecule has 3 atom stereocenters. The molecular formula is C21H34N6O5. The molecule has 0 bridgehead atoms. The lowest BCUT2D eigenvalue weighted by molar-refractivity contribution is -0.142. The van der Waals surface area contributed by atoms with Crippen LogP contribution in [0.1, 0.15) is 38.7 Å². The summed E-state index contributed by atoms with van der Waals surface area (Å²) in [5.74, 6) is -2.42. The second kappa shape index (κ2) is 13.2. The Balaban J connectivity index is 2.87. The number of aromatic hydroxyl groups is 1. The Kier molecular flexibility index (Phi) is 11.0. The summed E-state index contributed by atoms with van der Waals surface area (Å²) in [4.78, 5) is 37.0. The first-order valence-corrected chi connectivity index (χ1v) is 10.4. The minimum absolute atomic E-state index is 0.0403. The predicted molar refractivity (Wildman–Crippen MR) is 120 cm³/mol. The lowest BCUT2D eigenvalue weighted by Gasteiger charge is -2.24. The van der Waals surface area contributed by atoms with Gasteiger partial charge in [0.1, 0.15) is 17.8 Å². The highest BCUT2D eigenvalue weighted by molar-refractivity contribution is 5.92. The average molecular weight is 451 g/mol. The Bertz CT molecular complexity index is 783. The highest BCUT2D eigenvalue weighted by atomic mass is 16.4. The molecule has 0 saturated heterocycles. The molecule has 1 aromatic carbocycles. The molecule has 11 nitrogen and oxygen atoms in total. The van der Waals surface area contributed by atoms with Crippen molar-refractivity contribution in [3.05, 3.63) is 29.8 Å². The molecule has 0 unspecified atom stereocenters. The summed E-state index contributed by atoms with van der Waals surface area (Å²) >= 11 is 0. The minimum atomic E-state index is -1.16. The van der Waals surface area contributed by atoms with Crippen LogP contribution < -0.4 is 27.4 Å². The third-order valence-electron chi connectivity index (χ3n) is 4.67. The van der Waals surface area contributed by atoms with Crippen LogP contribution in [-0.2, 0) is 20.8 Å². The van der Waals surface area contributed by atoms with Crippen molar-refractivity contribution in [3.63, 3.8) is 0 Å². The fourth-order valence-electron chi connectivity index (χ4n) is 3.00. The second-order valence-electron chi connectivity index (χ2n) is 8.05. The molecule has 0 heterocycles. The van der Waals surface area contributed by atoms with Crippen LogP contribution in [0.15, 0.2) is 24.3 Å². The first-order valence-electron chi connectivity index (χ1n) is 10.4. The van der Waals surface area contributed by atoms with Gasteiger partial charge in [0, 0.05) is 13.0 Å². The molecule has 0 aliphatic rings. The van der Waals surface area contributed by atoms with Crippen LogP contribution in [0.3, 0.4) is 0 Å². The van der Waals surface area contributed by atoms with Crippen LogP contribution in [0.2, 0.25) is 0 Å². The lowest BCUT2D eigenvalue weighted by Crippen LogP contribution is -2.55. The van der Waals surface area contributed by atoms with Gasteiger partial charge >= 0.3 is 5.97 Å². The SMILES string of the molecule is CC(C)C[C@H](NC(=O)[C@@H](Cc1ccc(O)cc1)NC(=O)[C@H](N)CCCNC(=N)N)C(=O)O. The zero-order valence-electron chi connectivity index (χ0n) is 18.4. The molecule has 11 heteroatoms. The molecule has 0 aliphatic carbocycles. The van der Waals surface area contributed by atoms with E-state index in [2.05, 4.69) is 16.0 Å². The summed E-state index contributed by atoms with van der Waals surface area (Å²) in [6.45, 7) is 4.07. The Morgan fingerprint density at radius 2 is 1.66 bits per heavy atom. The minimum Gasteiger partial charge on any atom is -0.508 e. The smallest absolute Gasteiger partial charge is 0.326 e. The molecule has 1 rings (SSSR count). The van der Waals surface area contributed by atoms with E-state index in [0.717, 1.165) is 0 Å². The fraction of sp³-hybridized carbons (Fsp3) is 0.524. The van der Waals surface area contributed by atoms with Crippen molar-refractivity contribution in [2.24, 2.45) is 17.4 Å². The van der Waals surface area contributed by atoms with E-state index in [1.807, 2.05) is 13.8 Å². The van der Waals surface area contributed by atoms with Gasteiger partial charge in [-0.3, -0.25) is 15.0 Å². The molecule has 32 heavy (non-hydrogen) atoms. The van der Waals surface area contributed by atoms with Gasteiger partial charge in [0.05, 0.1) is 6.04 Å². The number of benzene rings is 1. The number of aliphatic carboxylic acids is 1. The third-order valence-corrected chi connectivity index (χ3v) is 4.67. The molecule has 10 N–H and O–H groups in total. The topological polar surface area (TPSA) is 204 Å². The number of carbonyl (C=O) groups excluding carboxylic acids is 2. The van der Waals surface area contributed by atoms with E-state index in [9.17, 15) is 24.6 Å². The standard InChI is InChI=1S/C21H34N6O5/c1-12(2)10-17(20(31)32)27-19(30)16(11-13-5-7-14(28)8-6-13)26-18(29)15(22)4-3-9-25-21(23)24/h5-8,12,15-17,28H,3-4,9-11,22H2,1-2H3,(H,26,29)(H,27,30)(H,31,32)(H4,23,24,25)/t15-,16-,17+/m1/s1. The number of hydrogen-bond donors (Lipinski definition) is 8. The van der Waals surface area contributed by atoms with Gasteiger partial charge in [0.15, 0.2) is 5.96 Å². The van der Waals surface area contributed by atoms with Crippen LogP contribution >= 0.6 is 0 Å². The van der Waals surface area contributed by atoms with E-state index in [-0.39, 0.29) is 30.5 Å². The largest absolute Gasteiger partial charge is 0.508 e. The van der Waals surface area contributed by atoms with E-state index < -0.39 is 35.9 Å². The monoisotopic (exact) mass is 450 g/mol. The van der Waals surface area contributed by atoms with Crippen molar-refractivity contribution in [2.75, 3.05) is 6.54 Å². The number of carboxylic acid groups (broad SMARTS) is 1. The number of nitrogens with one attached hydrogen (secondary N) is 4. The summed E-state index contributed by atoms with van der Waals surface area (Å²) in [5, 5.41) is 33.7. The second-order valence-corrected chi connectivity index (χ2v) is 8.05. The normalized spacial score (nSPS) is 13.6. The van der Waals surface area contributed by atoms with E-state index >= 15 is 0 Å². The Labute approximate surface area is 187 Å². The van der Waals surface area contributed by atoms with E-state index in [4.69, 9.17) is 16.9 Å². The molecule has 178 valence electrons. The highest BCUT2D eigenvalue weighted by Gasteiger charge is 2.28. The first-order chi connectivity index (χ1) is 15.0. The summed E-state index contributed by atoms with van der Waals surface area (Å²) in [7, 11) is 0. The van der Waals surface area contributed by atoms with Crippen LogP contribution in [0.4, 0.5) is 0 Å². The van der Waals surface area contributed by atoms with E-state index in [1.54, 1.807) is 12.1 Å². The van der Waals surface area contributed by atoms with Crippen LogP contribution in [-0.4, -0.2) is 58.6 Å². The Hall–Kier alpha value is -3.34. The van der Waals surface area contributed by atoms with E-state index in [1.165, 1.54) is 12.1 Å². The molecule has 0 spiro atoms. The zero-order valence-corrected chi connectivity index (χ0v) is 18.4. The molecule has 0 fully saturated rings. The van der Waals surface area contributed by atoms with Crippen LogP contribution in [0.25, 0.3) is 0 Å². The number of phenols is 1. The molecular weight excluding hydrogens is 416 g/mol. The third kappa shape index (κ3) is 10.1. The molecule has 2 amide bonds. The predicted octanol–water partition coefficient (Wildman–Crippen LogP) is -0.374. The number of carboxylic acids is 1. The van der Waals surface area contributed by atoms with Crippen LogP contribution in [0, 0.1) is 11.3 Å². The quantitative estimate of drug-likeness (QED) is 0.113. The number of phenolic OH excluding ortho intramolecular Hbond substituents is 1. The van der Waals surface area contributed by atoms with Gasteiger partial charge in [-0.25, -0.2) is 4.79 Å². The number of guanidine groups is 1. The maximum Gasteiger partial charge on any atom is 0.326 e. The van der Waals surface area contributed by atoms with Crippen LogP contribution in [0.5, 0.6) is 5.75 Å². The molecule has 0 radical (unpaired) electrons. The van der Waals surface area contributed by atoms with Crippen molar-refractivity contribution in [3.8, 4) is 5.75 Å². The Morgan fingerprint density at radius 3 is 2.19 bits per heavy atom. The van der Waals surface area contributed by atoms with Crippen molar-refractivity contribution in [2.45, 2.75) is 57.7 Å². The van der Waals surface area contributed by atoms with Gasteiger partial charge in [-0.15, -0.1) is 0 Å². The maximum absolute atomic E-state index is 12.9. The number of hydrogen-bond acceptors (Lipinski definition) is 6. The number of amides is 2. The van der Waals surface area contributed by atoms with Gasteiger partial charge in [0.2, 0.25) is 11.8 Å². The van der Waals surface area contributed by atoms with Crippen molar-refractivity contribution in [1.29, 1.82) is 5.41 Å². The molecule has 1 aromatic rings.